The summed E-state index contributed by atoms with van der Waals surface area (Å²) in [4.78, 5) is 12.4. The van der Waals surface area contributed by atoms with Gasteiger partial charge in [-0.25, -0.2) is 0 Å². The number of benzene rings is 2. The summed E-state index contributed by atoms with van der Waals surface area (Å²) in [5.74, 6) is 1.14. The molecule has 1 aromatic heterocycles. The van der Waals surface area contributed by atoms with Gasteiger partial charge in [0.15, 0.2) is 0 Å². The summed E-state index contributed by atoms with van der Waals surface area (Å²) < 4.78 is 11.5. The highest BCUT2D eigenvalue weighted by molar-refractivity contribution is 6.35. The average molecular weight is 420 g/mol. The third-order valence-electron chi connectivity index (χ3n) is 4.71. The maximum absolute atomic E-state index is 12.4. The largest absolute Gasteiger partial charge is 0.492 e. The second kappa shape index (κ2) is 9.92. The Hall–Kier alpha value is -3.62. The van der Waals surface area contributed by atoms with Crippen LogP contribution in [0.5, 0.6) is 11.5 Å². The first-order valence-electron chi connectivity index (χ1n) is 10.1. The second-order valence-electron chi connectivity index (χ2n) is 7.03. The highest BCUT2D eigenvalue weighted by atomic mass is 16.5. The van der Waals surface area contributed by atoms with Gasteiger partial charge in [0.05, 0.1) is 22.5 Å². The maximum Gasteiger partial charge on any atom is 0.256 e. The van der Waals surface area contributed by atoms with E-state index in [0.29, 0.717) is 42.3 Å². The topological polar surface area (TPSA) is 108 Å². The van der Waals surface area contributed by atoms with Crippen LogP contribution >= 0.6 is 0 Å². The maximum atomic E-state index is 12.4. The first-order valence-corrected chi connectivity index (χ1v) is 10.1. The van der Waals surface area contributed by atoms with Gasteiger partial charge in [0.1, 0.15) is 30.8 Å². The van der Waals surface area contributed by atoms with Crippen LogP contribution in [0.2, 0.25) is 0 Å². The Morgan fingerprint density at radius 1 is 1.10 bits per heavy atom. The Bertz CT molecular complexity index is 1030. The molecule has 3 aromatic rings. The van der Waals surface area contributed by atoms with Crippen LogP contribution in [0.4, 0.5) is 5.69 Å². The number of nitrogens with one attached hydrogen (secondary N) is 3. The third-order valence-corrected chi connectivity index (χ3v) is 4.71. The second-order valence-corrected chi connectivity index (χ2v) is 7.03. The number of aromatic nitrogens is 2. The van der Waals surface area contributed by atoms with Gasteiger partial charge in [0.2, 0.25) is 0 Å². The molecule has 1 atom stereocenters. The molecule has 4 N–H and O–H groups in total. The predicted molar refractivity (Wildman–Crippen MR) is 118 cm³/mol. The van der Waals surface area contributed by atoms with Crippen LogP contribution in [-0.4, -0.2) is 53.6 Å². The summed E-state index contributed by atoms with van der Waals surface area (Å²) >= 11 is 0. The summed E-state index contributed by atoms with van der Waals surface area (Å²) in [6.45, 7) is 1.55. The van der Waals surface area contributed by atoms with E-state index in [1.807, 2.05) is 36.4 Å². The van der Waals surface area contributed by atoms with Gasteiger partial charge in [-0.3, -0.25) is 9.89 Å². The molecule has 1 aliphatic heterocycles. The molecule has 2 aromatic carbocycles. The summed E-state index contributed by atoms with van der Waals surface area (Å²) in [6, 6.07) is 16.8. The van der Waals surface area contributed by atoms with Gasteiger partial charge in [-0.1, -0.05) is 24.3 Å². The molecule has 0 saturated heterocycles. The number of nitrogens with zero attached hydrogens (tertiary/aromatic N) is 1. The van der Waals surface area contributed by atoms with Crippen molar-refractivity contribution in [3.8, 4) is 11.5 Å². The first-order chi connectivity index (χ1) is 15.2. The van der Waals surface area contributed by atoms with Gasteiger partial charge in [-0.05, 0) is 36.4 Å². The number of amides is 1. The van der Waals surface area contributed by atoms with Crippen LogP contribution < -0.4 is 20.1 Å². The molecule has 1 amide bonds. The zero-order valence-corrected chi connectivity index (χ0v) is 16.9. The minimum absolute atomic E-state index is 0.0918. The quantitative estimate of drug-likeness (QED) is 0.296. The molecule has 8 heteroatoms. The SMILES string of the molecule is O=C1Nc2cccc(OCC(O)CNCCOc3ccccc3)c2/C1=C/c1ccn[nH]1. The van der Waals surface area contributed by atoms with Crippen LogP contribution in [-0.2, 0) is 4.79 Å². The number of carbonyl (C=O) groups excluding carboxylic acids is 1. The molecule has 0 bridgehead atoms. The Morgan fingerprint density at radius 2 is 1.97 bits per heavy atom. The van der Waals surface area contributed by atoms with E-state index in [9.17, 15) is 9.90 Å². The van der Waals surface area contributed by atoms with Gasteiger partial charge in [-0.2, -0.15) is 5.10 Å². The number of anilines is 1. The van der Waals surface area contributed by atoms with Gasteiger partial charge >= 0.3 is 0 Å². The molecule has 1 unspecified atom stereocenters. The van der Waals surface area contributed by atoms with Gasteiger partial charge in [0, 0.05) is 19.3 Å². The van der Waals surface area contributed by atoms with Crippen molar-refractivity contribution in [1.29, 1.82) is 0 Å². The van der Waals surface area contributed by atoms with E-state index in [-0.39, 0.29) is 12.5 Å². The van der Waals surface area contributed by atoms with E-state index >= 15 is 0 Å². The summed E-state index contributed by atoms with van der Waals surface area (Å²) in [5, 5.41) is 23.0. The predicted octanol–water partition coefficient (Wildman–Crippen LogP) is 2.31. The Kier molecular flexibility index (Phi) is 6.61. The lowest BCUT2D eigenvalue weighted by Gasteiger charge is -2.15. The fraction of sp³-hybridized carbons (Fsp3) is 0.217. The molecule has 0 saturated carbocycles. The van der Waals surface area contributed by atoms with E-state index < -0.39 is 6.10 Å². The number of aliphatic hydroxyl groups excluding tert-OH is 1. The average Bonchev–Trinajstić information content (AvgIpc) is 3.41. The highest BCUT2D eigenvalue weighted by Crippen LogP contribution is 2.39. The number of hydrogen-bond acceptors (Lipinski definition) is 6. The molecule has 8 nitrogen and oxygen atoms in total. The van der Waals surface area contributed by atoms with Crippen molar-refractivity contribution in [2.45, 2.75) is 6.10 Å². The Balaban J connectivity index is 1.29. The van der Waals surface area contributed by atoms with Crippen LogP contribution in [0.3, 0.4) is 0 Å². The Morgan fingerprint density at radius 3 is 2.77 bits per heavy atom. The molecule has 4 rings (SSSR count). The molecule has 0 radical (unpaired) electrons. The minimum Gasteiger partial charge on any atom is -0.492 e. The summed E-state index contributed by atoms with van der Waals surface area (Å²) in [5.41, 5.74) is 2.56. The van der Waals surface area contributed by atoms with Crippen LogP contribution in [0, 0.1) is 0 Å². The lowest BCUT2D eigenvalue weighted by Crippen LogP contribution is -2.33. The number of para-hydroxylation sites is 1. The minimum atomic E-state index is -0.710. The van der Waals surface area contributed by atoms with E-state index in [0.717, 1.165) is 11.4 Å². The first kappa shape index (κ1) is 20.6. The number of hydrogen-bond donors (Lipinski definition) is 4. The lowest BCUT2D eigenvalue weighted by molar-refractivity contribution is -0.110. The molecule has 0 spiro atoms. The van der Waals surface area contributed by atoms with Crippen molar-refractivity contribution in [3.63, 3.8) is 0 Å². The van der Waals surface area contributed by atoms with Crippen molar-refractivity contribution in [2.75, 3.05) is 31.6 Å². The van der Waals surface area contributed by atoms with E-state index in [1.165, 1.54) is 0 Å². The number of aromatic amines is 1. The number of ether oxygens (including phenoxy) is 2. The third kappa shape index (κ3) is 5.30. The molecule has 0 fully saturated rings. The highest BCUT2D eigenvalue weighted by Gasteiger charge is 2.28. The zero-order valence-electron chi connectivity index (χ0n) is 16.9. The van der Waals surface area contributed by atoms with E-state index in [4.69, 9.17) is 9.47 Å². The van der Waals surface area contributed by atoms with Crippen molar-refractivity contribution >= 4 is 23.2 Å². The molecule has 160 valence electrons. The number of carbonyl (C=O) groups is 1. The molecule has 1 aliphatic rings. The number of rotatable bonds is 10. The number of aliphatic hydroxyl groups is 1. The smallest absolute Gasteiger partial charge is 0.256 e. The van der Waals surface area contributed by atoms with Crippen molar-refractivity contribution in [2.24, 2.45) is 0 Å². The fourth-order valence-electron chi connectivity index (χ4n) is 3.25. The van der Waals surface area contributed by atoms with Crippen molar-refractivity contribution in [3.05, 3.63) is 72.1 Å². The fourth-order valence-corrected chi connectivity index (χ4v) is 3.25. The monoisotopic (exact) mass is 420 g/mol. The normalized spacial score (nSPS) is 14.9. The van der Waals surface area contributed by atoms with Gasteiger partial charge < -0.3 is 25.2 Å². The van der Waals surface area contributed by atoms with Crippen LogP contribution in [0.1, 0.15) is 11.3 Å². The molecule has 31 heavy (non-hydrogen) atoms. The van der Waals surface area contributed by atoms with Crippen LogP contribution in [0.15, 0.2) is 60.8 Å². The molecule has 0 aliphatic carbocycles. The van der Waals surface area contributed by atoms with Crippen LogP contribution in [0.25, 0.3) is 11.6 Å². The summed E-state index contributed by atoms with van der Waals surface area (Å²) in [6.07, 6.45) is 2.64. The van der Waals surface area contributed by atoms with E-state index in [2.05, 4.69) is 20.8 Å². The van der Waals surface area contributed by atoms with Crippen molar-refractivity contribution < 1.29 is 19.4 Å². The molecular formula is C23H24N4O4. The van der Waals surface area contributed by atoms with Gasteiger partial charge in [0.25, 0.3) is 5.91 Å². The number of fused-ring (bicyclic) bond motifs is 1. The number of H-pyrrole nitrogens is 1. The zero-order chi connectivity index (χ0) is 21.5. The lowest BCUT2D eigenvalue weighted by atomic mass is 10.0. The van der Waals surface area contributed by atoms with Crippen molar-refractivity contribution in [1.82, 2.24) is 15.5 Å². The Labute approximate surface area is 179 Å². The van der Waals surface area contributed by atoms with Gasteiger partial charge in [-0.15, -0.1) is 0 Å². The standard InChI is InChI=1S/C23H24N4O4/c28-17(14-24-11-12-30-18-5-2-1-3-6-18)15-31-21-8-4-7-20-22(21)19(23(29)26-20)13-16-9-10-25-27-16/h1-10,13,17,24,28H,11-12,14-15H2,(H,25,27)(H,26,29)/b19-13-. The summed E-state index contributed by atoms with van der Waals surface area (Å²) in [7, 11) is 0. The molecular weight excluding hydrogens is 396 g/mol. The van der Waals surface area contributed by atoms with E-state index in [1.54, 1.807) is 30.5 Å². The molecule has 2 heterocycles.